The van der Waals surface area contributed by atoms with E-state index in [4.69, 9.17) is 0 Å². The van der Waals surface area contributed by atoms with Crippen LogP contribution in [0.2, 0.25) is 0 Å². The molecule has 29 heavy (non-hydrogen) atoms. The number of carbonyl (C=O) groups excluding carboxylic acids is 2. The molecule has 1 aromatic heterocycles. The van der Waals surface area contributed by atoms with E-state index in [0.29, 0.717) is 23.5 Å². The average Bonchev–Trinajstić information content (AvgIpc) is 3.32. The molecule has 2 heterocycles. The minimum Gasteiger partial charge on any atom is -0.337 e. The summed E-state index contributed by atoms with van der Waals surface area (Å²) in [6.45, 7) is 6.50. The summed E-state index contributed by atoms with van der Waals surface area (Å²) in [7, 11) is 0. The number of hydrogen-bond donors (Lipinski definition) is 0. The van der Waals surface area contributed by atoms with Crippen molar-refractivity contribution in [3.63, 3.8) is 0 Å². The predicted octanol–water partition coefficient (Wildman–Crippen LogP) is 5.18. The quantitative estimate of drug-likeness (QED) is 0.553. The monoisotopic (exact) mass is 402 g/mol. The SMILES string of the molecule is CCN(C1=C(c2cccs2)C(=O)N(c2ccc(C)cc2C)C1=O)c1ccccc1. The van der Waals surface area contributed by atoms with Crippen LogP contribution in [0.15, 0.2) is 71.7 Å². The third kappa shape index (κ3) is 3.28. The standard InChI is InChI=1S/C24H22N2O2S/c1-4-25(18-9-6-5-7-10-18)22-21(20-11-8-14-29-20)23(27)26(24(22)28)19-13-12-16(2)15-17(19)3/h5-15H,4H2,1-3H3. The summed E-state index contributed by atoms with van der Waals surface area (Å²) in [5.74, 6) is -0.551. The van der Waals surface area contributed by atoms with Gasteiger partial charge < -0.3 is 4.90 Å². The van der Waals surface area contributed by atoms with Gasteiger partial charge in [-0.1, -0.05) is 42.0 Å². The molecule has 0 saturated carbocycles. The lowest BCUT2D eigenvalue weighted by Gasteiger charge is -2.25. The molecule has 0 unspecified atom stereocenters. The third-order valence-corrected chi connectivity index (χ3v) is 5.96. The number of thiophene rings is 1. The molecule has 3 aromatic rings. The van der Waals surface area contributed by atoms with Crippen LogP contribution in [0.3, 0.4) is 0 Å². The number of para-hydroxylation sites is 1. The van der Waals surface area contributed by atoms with E-state index < -0.39 is 0 Å². The van der Waals surface area contributed by atoms with Crippen LogP contribution in [-0.2, 0) is 9.59 Å². The molecule has 2 amide bonds. The topological polar surface area (TPSA) is 40.6 Å². The van der Waals surface area contributed by atoms with Gasteiger partial charge in [0.1, 0.15) is 5.70 Å². The Morgan fingerprint density at radius 1 is 0.931 bits per heavy atom. The van der Waals surface area contributed by atoms with E-state index in [2.05, 4.69) is 0 Å². The van der Waals surface area contributed by atoms with Crippen molar-refractivity contribution >= 4 is 40.1 Å². The summed E-state index contributed by atoms with van der Waals surface area (Å²) in [6, 6.07) is 19.3. The molecular formula is C24H22N2O2S. The van der Waals surface area contributed by atoms with Gasteiger partial charge in [-0.3, -0.25) is 9.59 Å². The average molecular weight is 403 g/mol. The van der Waals surface area contributed by atoms with Crippen molar-refractivity contribution in [1.82, 2.24) is 0 Å². The normalized spacial score (nSPS) is 14.1. The second-order valence-electron chi connectivity index (χ2n) is 7.02. The Hall–Kier alpha value is -3.18. The summed E-state index contributed by atoms with van der Waals surface area (Å²) in [5.41, 5.74) is 4.43. The van der Waals surface area contributed by atoms with E-state index >= 15 is 0 Å². The molecule has 2 aromatic carbocycles. The van der Waals surface area contributed by atoms with Crippen molar-refractivity contribution in [1.29, 1.82) is 0 Å². The fourth-order valence-electron chi connectivity index (χ4n) is 3.76. The lowest BCUT2D eigenvalue weighted by atomic mass is 10.1. The fraction of sp³-hybridized carbons (Fsp3) is 0.167. The molecule has 0 bridgehead atoms. The zero-order valence-electron chi connectivity index (χ0n) is 16.7. The first-order valence-corrected chi connectivity index (χ1v) is 10.5. The molecule has 1 aliphatic heterocycles. The van der Waals surface area contributed by atoms with Crippen LogP contribution >= 0.6 is 11.3 Å². The molecule has 0 atom stereocenters. The molecule has 4 rings (SSSR count). The van der Waals surface area contributed by atoms with Crippen molar-refractivity contribution in [2.75, 3.05) is 16.3 Å². The van der Waals surface area contributed by atoms with Crippen molar-refractivity contribution in [2.45, 2.75) is 20.8 Å². The summed E-state index contributed by atoms with van der Waals surface area (Å²) in [5, 5.41) is 1.93. The van der Waals surface area contributed by atoms with E-state index in [1.165, 1.54) is 16.2 Å². The van der Waals surface area contributed by atoms with Gasteiger partial charge in [0.15, 0.2) is 0 Å². The van der Waals surface area contributed by atoms with Gasteiger partial charge in [0.05, 0.1) is 11.3 Å². The highest BCUT2D eigenvalue weighted by Gasteiger charge is 2.43. The first kappa shape index (κ1) is 19.2. The molecular weight excluding hydrogens is 380 g/mol. The maximum atomic E-state index is 13.6. The second-order valence-corrected chi connectivity index (χ2v) is 7.96. The fourth-order valence-corrected chi connectivity index (χ4v) is 4.53. The lowest BCUT2D eigenvalue weighted by molar-refractivity contribution is -0.120. The van der Waals surface area contributed by atoms with Gasteiger partial charge >= 0.3 is 0 Å². The van der Waals surface area contributed by atoms with Crippen LogP contribution in [0.25, 0.3) is 5.57 Å². The Morgan fingerprint density at radius 2 is 1.69 bits per heavy atom. The summed E-state index contributed by atoms with van der Waals surface area (Å²) < 4.78 is 0. The minimum absolute atomic E-state index is 0.270. The third-order valence-electron chi connectivity index (χ3n) is 5.07. The number of aryl methyl sites for hydroxylation is 2. The molecule has 0 fully saturated rings. The summed E-state index contributed by atoms with van der Waals surface area (Å²) in [6.07, 6.45) is 0. The number of nitrogens with zero attached hydrogens (tertiary/aromatic N) is 2. The zero-order valence-corrected chi connectivity index (χ0v) is 17.5. The second kappa shape index (κ2) is 7.68. The van der Waals surface area contributed by atoms with Crippen LogP contribution in [0.1, 0.15) is 22.9 Å². The molecule has 0 spiro atoms. The van der Waals surface area contributed by atoms with Gasteiger partial charge in [-0.15, -0.1) is 11.3 Å². The Balaban J connectivity index is 1.90. The van der Waals surface area contributed by atoms with E-state index in [1.54, 1.807) is 0 Å². The molecule has 4 nitrogen and oxygen atoms in total. The predicted molar refractivity (Wildman–Crippen MR) is 119 cm³/mol. The largest absolute Gasteiger partial charge is 0.337 e. The smallest absolute Gasteiger partial charge is 0.282 e. The number of carbonyl (C=O) groups is 2. The molecule has 0 N–H and O–H groups in total. The van der Waals surface area contributed by atoms with Crippen LogP contribution in [-0.4, -0.2) is 18.4 Å². The summed E-state index contributed by atoms with van der Waals surface area (Å²) >= 11 is 1.47. The Kier molecular flexibility index (Phi) is 5.07. The van der Waals surface area contributed by atoms with E-state index in [1.807, 2.05) is 91.7 Å². The maximum Gasteiger partial charge on any atom is 0.282 e. The first-order valence-electron chi connectivity index (χ1n) is 9.59. The van der Waals surface area contributed by atoms with Gasteiger partial charge in [-0.25, -0.2) is 4.90 Å². The maximum absolute atomic E-state index is 13.6. The summed E-state index contributed by atoms with van der Waals surface area (Å²) in [4.78, 5) is 31.2. The molecule has 0 radical (unpaired) electrons. The van der Waals surface area contributed by atoms with Crippen LogP contribution < -0.4 is 9.80 Å². The number of imide groups is 1. The first-order chi connectivity index (χ1) is 14.0. The number of benzene rings is 2. The van der Waals surface area contributed by atoms with E-state index in [0.717, 1.165) is 21.7 Å². The van der Waals surface area contributed by atoms with Crippen molar-refractivity contribution in [2.24, 2.45) is 0 Å². The highest BCUT2D eigenvalue weighted by molar-refractivity contribution is 7.11. The molecule has 1 aliphatic rings. The van der Waals surface area contributed by atoms with Crippen LogP contribution in [0.4, 0.5) is 11.4 Å². The van der Waals surface area contributed by atoms with Crippen molar-refractivity contribution in [3.05, 3.63) is 87.7 Å². The Bertz CT molecular complexity index is 1100. The minimum atomic E-state index is -0.281. The number of hydrogen-bond acceptors (Lipinski definition) is 4. The van der Waals surface area contributed by atoms with Crippen molar-refractivity contribution in [3.8, 4) is 0 Å². The van der Waals surface area contributed by atoms with Gasteiger partial charge in [0.25, 0.3) is 11.8 Å². The Labute approximate surface area is 174 Å². The van der Waals surface area contributed by atoms with E-state index in [-0.39, 0.29) is 11.8 Å². The van der Waals surface area contributed by atoms with Crippen LogP contribution in [0.5, 0.6) is 0 Å². The molecule has 0 saturated heterocycles. The van der Waals surface area contributed by atoms with Gasteiger partial charge in [0.2, 0.25) is 0 Å². The number of rotatable bonds is 5. The molecule has 146 valence electrons. The number of amides is 2. The van der Waals surface area contributed by atoms with Gasteiger partial charge in [-0.2, -0.15) is 0 Å². The Morgan fingerprint density at radius 3 is 2.31 bits per heavy atom. The molecule has 5 heteroatoms. The highest BCUT2D eigenvalue weighted by atomic mass is 32.1. The highest BCUT2D eigenvalue weighted by Crippen LogP contribution is 2.39. The van der Waals surface area contributed by atoms with Gasteiger partial charge in [0, 0.05) is 17.1 Å². The van der Waals surface area contributed by atoms with E-state index in [9.17, 15) is 9.59 Å². The lowest BCUT2D eigenvalue weighted by Crippen LogP contribution is -2.35. The number of anilines is 2. The van der Waals surface area contributed by atoms with Gasteiger partial charge in [-0.05, 0) is 56.0 Å². The number of likely N-dealkylation sites (N-methyl/N-ethyl adjacent to an activating group) is 1. The van der Waals surface area contributed by atoms with Crippen molar-refractivity contribution < 1.29 is 9.59 Å². The molecule has 0 aliphatic carbocycles. The van der Waals surface area contributed by atoms with Crippen LogP contribution in [0, 0.1) is 13.8 Å². The zero-order chi connectivity index (χ0) is 20.5.